The van der Waals surface area contributed by atoms with Crippen LogP contribution in [0.25, 0.3) is 0 Å². The Morgan fingerprint density at radius 3 is 2.55 bits per heavy atom. The van der Waals surface area contributed by atoms with E-state index in [0.29, 0.717) is 24.2 Å². The van der Waals surface area contributed by atoms with Gasteiger partial charge in [0, 0.05) is 12.2 Å². The van der Waals surface area contributed by atoms with Crippen LogP contribution in [0.3, 0.4) is 0 Å². The minimum absolute atomic E-state index is 0.0126. The number of urea groups is 1. The molecule has 0 saturated carbocycles. The third-order valence-electron chi connectivity index (χ3n) is 5.00. The number of nitriles is 1. The van der Waals surface area contributed by atoms with E-state index < -0.39 is 24.1 Å². The summed E-state index contributed by atoms with van der Waals surface area (Å²) in [6.45, 7) is 2.44. The molecule has 2 aromatic carbocycles. The second kappa shape index (κ2) is 10.3. The van der Waals surface area contributed by atoms with Crippen molar-refractivity contribution in [3.8, 4) is 6.07 Å². The highest BCUT2D eigenvalue weighted by molar-refractivity contribution is 6.01. The van der Waals surface area contributed by atoms with Gasteiger partial charge in [0.25, 0.3) is 0 Å². The van der Waals surface area contributed by atoms with Crippen LogP contribution in [0.4, 0.5) is 10.5 Å². The predicted octanol–water partition coefficient (Wildman–Crippen LogP) is 2.66. The Kier molecular flexibility index (Phi) is 7.22. The first-order chi connectivity index (χ1) is 15.0. The number of nitrogens with zero attached hydrogens (tertiary/aromatic N) is 2. The SMILES string of the molecule is CCOC(=O)C[C@H](NC(=O)N[C@H]1CCN(c2ccc(C#N)cc2)C1=O)c1ccccc1. The Bertz CT molecular complexity index is 969. The van der Waals surface area contributed by atoms with Crippen molar-refractivity contribution in [1.82, 2.24) is 10.6 Å². The lowest BCUT2D eigenvalue weighted by molar-refractivity contribution is -0.143. The number of carbonyl (C=O) groups is 3. The van der Waals surface area contributed by atoms with E-state index in [1.807, 2.05) is 36.4 Å². The standard InChI is InChI=1S/C23H24N4O4/c1-2-31-21(28)14-20(17-6-4-3-5-7-17)26-23(30)25-19-12-13-27(22(19)29)18-10-8-16(15-24)9-11-18/h3-11,19-20H,2,12-14H2,1H3,(H2,25,26,30)/t19-,20-/m0/s1. The minimum atomic E-state index is -0.672. The molecule has 8 nitrogen and oxygen atoms in total. The fourth-order valence-corrected chi connectivity index (χ4v) is 3.47. The van der Waals surface area contributed by atoms with E-state index >= 15 is 0 Å². The molecule has 2 atom stereocenters. The van der Waals surface area contributed by atoms with Crippen molar-refractivity contribution in [3.63, 3.8) is 0 Å². The van der Waals surface area contributed by atoms with Crippen LogP contribution in [0.15, 0.2) is 54.6 Å². The zero-order valence-electron chi connectivity index (χ0n) is 17.2. The van der Waals surface area contributed by atoms with Gasteiger partial charge in [-0.05, 0) is 43.2 Å². The van der Waals surface area contributed by atoms with Crippen LogP contribution in [0.5, 0.6) is 0 Å². The largest absolute Gasteiger partial charge is 0.466 e. The van der Waals surface area contributed by atoms with Gasteiger partial charge < -0.3 is 20.3 Å². The highest BCUT2D eigenvalue weighted by Gasteiger charge is 2.34. The number of nitrogens with one attached hydrogen (secondary N) is 2. The second-order valence-electron chi connectivity index (χ2n) is 7.08. The Balaban J connectivity index is 1.63. The number of anilines is 1. The van der Waals surface area contributed by atoms with E-state index in [1.54, 1.807) is 36.1 Å². The van der Waals surface area contributed by atoms with Crippen molar-refractivity contribution >= 4 is 23.6 Å². The molecule has 0 unspecified atom stereocenters. The summed E-state index contributed by atoms with van der Waals surface area (Å²) in [6.07, 6.45) is 0.446. The van der Waals surface area contributed by atoms with Gasteiger partial charge in [0.05, 0.1) is 30.7 Å². The van der Waals surface area contributed by atoms with E-state index in [4.69, 9.17) is 10.00 Å². The normalized spacial score (nSPS) is 16.3. The van der Waals surface area contributed by atoms with Gasteiger partial charge in [-0.3, -0.25) is 9.59 Å². The molecule has 2 aromatic rings. The Labute approximate surface area is 180 Å². The first-order valence-corrected chi connectivity index (χ1v) is 10.1. The highest BCUT2D eigenvalue weighted by atomic mass is 16.5. The smallest absolute Gasteiger partial charge is 0.315 e. The molecule has 2 N–H and O–H groups in total. The zero-order valence-corrected chi connectivity index (χ0v) is 17.2. The summed E-state index contributed by atoms with van der Waals surface area (Å²) in [6, 6.07) is 16.1. The van der Waals surface area contributed by atoms with Crippen LogP contribution in [0.2, 0.25) is 0 Å². The lowest BCUT2D eigenvalue weighted by atomic mass is 10.0. The fraction of sp³-hybridized carbons (Fsp3) is 0.304. The Hall–Kier alpha value is -3.86. The molecule has 31 heavy (non-hydrogen) atoms. The third kappa shape index (κ3) is 5.60. The van der Waals surface area contributed by atoms with Gasteiger partial charge in [-0.2, -0.15) is 5.26 Å². The van der Waals surface area contributed by atoms with E-state index in [-0.39, 0.29) is 18.9 Å². The molecule has 1 fully saturated rings. The Morgan fingerprint density at radius 2 is 1.90 bits per heavy atom. The van der Waals surface area contributed by atoms with Gasteiger partial charge in [0.15, 0.2) is 0 Å². The topological polar surface area (TPSA) is 112 Å². The van der Waals surface area contributed by atoms with Crippen LogP contribution in [0, 0.1) is 11.3 Å². The number of hydrogen-bond acceptors (Lipinski definition) is 5. The van der Waals surface area contributed by atoms with Crippen molar-refractivity contribution in [2.24, 2.45) is 0 Å². The lowest BCUT2D eigenvalue weighted by Gasteiger charge is -2.21. The van der Waals surface area contributed by atoms with Gasteiger partial charge >= 0.3 is 12.0 Å². The van der Waals surface area contributed by atoms with Crippen LogP contribution < -0.4 is 15.5 Å². The number of rotatable bonds is 7. The molecular weight excluding hydrogens is 396 g/mol. The van der Waals surface area contributed by atoms with Crippen LogP contribution >= 0.6 is 0 Å². The summed E-state index contributed by atoms with van der Waals surface area (Å²) < 4.78 is 5.01. The van der Waals surface area contributed by atoms with Gasteiger partial charge in [0.2, 0.25) is 5.91 Å². The maximum atomic E-state index is 12.8. The Morgan fingerprint density at radius 1 is 1.19 bits per heavy atom. The summed E-state index contributed by atoms with van der Waals surface area (Å²) in [5, 5.41) is 14.4. The molecule has 1 saturated heterocycles. The molecule has 0 spiro atoms. The minimum Gasteiger partial charge on any atom is -0.466 e. The maximum Gasteiger partial charge on any atom is 0.315 e. The van der Waals surface area contributed by atoms with Crippen LogP contribution in [-0.4, -0.2) is 37.1 Å². The molecule has 160 valence electrons. The van der Waals surface area contributed by atoms with Gasteiger partial charge in [-0.1, -0.05) is 30.3 Å². The van der Waals surface area contributed by atoms with E-state index in [9.17, 15) is 14.4 Å². The second-order valence-corrected chi connectivity index (χ2v) is 7.08. The van der Waals surface area contributed by atoms with Crippen molar-refractivity contribution < 1.29 is 19.1 Å². The highest BCUT2D eigenvalue weighted by Crippen LogP contribution is 2.22. The number of ether oxygens (including phenoxy) is 1. The molecule has 8 heteroatoms. The molecule has 0 bridgehead atoms. The van der Waals surface area contributed by atoms with Crippen molar-refractivity contribution in [2.45, 2.75) is 31.8 Å². The summed E-state index contributed by atoms with van der Waals surface area (Å²) in [5.74, 6) is -0.637. The molecule has 1 aliphatic heterocycles. The quantitative estimate of drug-likeness (QED) is 0.669. The summed E-state index contributed by atoms with van der Waals surface area (Å²) in [4.78, 5) is 38.9. The molecule has 3 amide bonds. The molecule has 3 rings (SSSR count). The van der Waals surface area contributed by atoms with E-state index in [0.717, 1.165) is 5.56 Å². The molecule has 1 heterocycles. The van der Waals surface area contributed by atoms with E-state index in [2.05, 4.69) is 10.6 Å². The lowest BCUT2D eigenvalue weighted by Crippen LogP contribution is -2.47. The molecule has 0 aromatic heterocycles. The maximum absolute atomic E-state index is 12.8. The first-order valence-electron chi connectivity index (χ1n) is 10.1. The van der Waals surface area contributed by atoms with Gasteiger partial charge in [0.1, 0.15) is 6.04 Å². The number of hydrogen-bond donors (Lipinski definition) is 2. The number of benzene rings is 2. The molecule has 1 aliphatic rings. The van der Waals surface area contributed by atoms with Gasteiger partial charge in [-0.25, -0.2) is 4.79 Å². The number of carbonyl (C=O) groups excluding carboxylic acids is 3. The summed E-state index contributed by atoms with van der Waals surface area (Å²) >= 11 is 0. The van der Waals surface area contributed by atoms with Crippen LogP contribution in [0.1, 0.15) is 36.9 Å². The number of esters is 1. The first kappa shape index (κ1) is 21.8. The van der Waals surface area contributed by atoms with Gasteiger partial charge in [-0.15, -0.1) is 0 Å². The fourth-order valence-electron chi connectivity index (χ4n) is 3.47. The number of amides is 3. The van der Waals surface area contributed by atoms with E-state index in [1.165, 1.54) is 0 Å². The summed E-state index contributed by atoms with van der Waals surface area (Å²) in [5.41, 5.74) is 1.96. The molecule has 0 radical (unpaired) electrons. The summed E-state index contributed by atoms with van der Waals surface area (Å²) in [7, 11) is 0. The zero-order chi connectivity index (χ0) is 22.2. The van der Waals surface area contributed by atoms with Crippen molar-refractivity contribution in [2.75, 3.05) is 18.1 Å². The molecule has 0 aliphatic carbocycles. The average molecular weight is 420 g/mol. The predicted molar refractivity (Wildman–Crippen MR) is 114 cm³/mol. The third-order valence-corrected chi connectivity index (χ3v) is 5.00. The average Bonchev–Trinajstić information content (AvgIpc) is 3.14. The monoisotopic (exact) mass is 420 g/mol. The van der Waals surface area contributed by atoms with Crippen molar-refractivity contribution in [3.05, 3.63) is 65.7 Å². The van der Waals surface area contributed by atoms with Crippen LogP contribution in [-0.2, 0) is 14.3 Å². The van der Waals surface area contributed by atoms with Crippen molar-refractivity contribution in [1.29, 1.82) is 5.26 Å². The molecular formula is C23H24N4O4.